The van der Waals surface area contributed by atoms with E-state index in [1.807, 2.05) is 0 Å². The molecule has 0 radical (unpaired) electrons. The zero-order valence-corrected chi connectivity index (χ0v) is 17.3. The van der Waals surface area contributed by atoms with E-state index in [2.05, 4.69) is 5.32 Å². The standard InChI is InChI=1S/C22H20FNO5S/c1-3-28-22(26)20-16(14-8-10-15(23)11-9-14)13-30-21(20)24-19(25)12-29-18-7-5-4-6-17(18)27-2/h4-11,13H,3,12H2,1-2H3,(H,24,25). The average molecular weight is 429 g/mol. The summed E-state index contributed by atoms with van der Waals surface area (Å²) in [5.74, 6) is -0.460. The number of benzene rings is 2. The van der Waals surface area contributed by atoms with Gasteiger partial charge < -0.3 is 19.5 Å². The summed E-state index contributed by atoms with van der Waals surface area (Å²) in [6.07, 6.45) is 0. The predicted octanol–water partition coefficient (Wildman–Crippen LogP) is 4.76. The number of anilines is 1. The van der Waals surface area contributed by atoms with Gasteiger partial charge in [0.05, 0.1) is 13.7 Å². The molecule has 3 aromatic rings. The van der Waals surface area contributed by atoms with Gasteiger partial charge in [0.25, 0.3) is 5.91 Å². The molecular weight excluding hydrogens is 409 g/mol. The van der Waals surface area contributed by atoms with Gasteiger partial charge in [-0.3, -0.25) is 4.79 Å². The van der Waals surface area contributed by atoms with E-state index in [4.69, 9.17) is 14.2 Å². The maximum Gasteiger partial charge on any atom is 0.341 e. The second-order valence-corrected chi connectivity index (χ2v) is 6.95. The Kier molecular flexibility index (Phi) is 7.03. The molecule has 3 rings (SSSR count). The maximum atomic E-state index is 13.3. The fraction of sp³-hybridized carbons (Fsp3) is 0.182. The number of thiophene rings is 1. The number of ether oxygens (including phenoxy) is 3. The first kappa shape index (κ1) is 21.3. The van der Waals surface area contributed by atoms with Crippen LogP contribution in [0.4, 0.5) is 9.39 Å². The lowest BCUT2D eigenvalue weighted by atomic mass is 10.0. The molecule has 0 unspecified atom stereocenters. The van der Waals surface area contributed by atoms with Gasteiger partial charge >= 0.3 is 5.97 Å². The smallest absolute Gasteiger partial charge is 0.341 e. The predicted molar refractivity (Wildman–Crippen MR) is 113 cm³/mol. The molecule has 0 saturated carbocycles. The summed E-state index contributed by atoms with van der Waals surface area (Å²) in [5.41, 5.74) is 1.42. The lowest BCUT2D eigenvalue weighted by molar-refractivity contribution is -0.118. The fourth-order valence-corrected chi connectivity index (χ4v) is 3.72. The van der Waals surface area contributed by atoms with Crippen LogP contribution in [0.3, 0.4) is 0 Å². The number of esters is 1. The third-order valence-corrected chi connectivity index (χ3v) is 5.00. The maximum absolute atomic E-state index is 13.3. The largest absolute Gasteiger partial charge is 0.493 e. The molecule has 6 nitrogen and oxygen atoms in total. The summed E-state index contributed by atoms with van der Waals surface area (Å²) in [6, 6.07) is 12.7. The number of para-hydroxylation sites is 2. The second-order valence-electron chi connectivity index (χ2n) is 6.07. The monoisotopic (exact) mass is 429 g/mol. The van der Waals surface area contributed by atoms with E-state index in [0.29, 0.717) is 27.6 Å². The molecule has 156 valence electrons. The van der Waals surface area contributed by atoms with Crippen molar-refractivity contribution >= 4 is 28.2 Å². The van der Waals surface area contributed by atoms with Gasteiger partial charge in [0, 0.05) is 10.9 Å². The molecule has 0 bridgehead atoms. The number of hydrogen-bond donors (Lipinski definition) is 1. The first-order chi connectivity index (χ1) is 14.5. The van der Waals surface area contributed by atoms with E-state index < -0.39 is 11.9 Å². The van der Waals surface area contributed by atoms with Crippen molar-refractivity contribution in [2.75, 3.05) is 25.6 Å². The topological polar surface area (TPSA) is 73.9 Å². The lowest BCUT2D eigenvalue weighted by Gasteiger charge is -2.11. The Morgan fingerprint density at radius 2 is 1.77 bits per heavy atom. The fourth-order valence-electron chi connectivity index (χ4n) is 2.74. The summed E-state index contributed by atoms with van der Waals surface area (Å²) < 4.78 is 29.1. The number of carbonyl (C=O) groups excluding carboxylic acids is 2. The zero-order chi connectivity index (χ0) is 21.5. The number of carbonyl (C=O) groups is 2. The van der Waals surface area contributed by atoms with E-state index in [9.17, 15) is 14.0 Å². The minimum Gasteiger partial charge on any atom is -0.493 e. The van der Waals surface area contributed by atoms with Crippen molar-refractivity contribution in [3.05, 3.63) is 65.3 Å². The van der Waals surface area contributed by atoms with Gasteiger partial charge in [-0.25, -0.2) is 9.18 Å². The number of rotatable bonds is 8. The third kappa shape index (κ3) is 4.96. The lowest BCUT2D eigenvalue weighted by Crippen LogP contribution is -2.21. The molecule has 0 saturated heterocycles. The number of nitrogens with one attached hydrogen (secondary N) is 1. The molecule has 0 aliphatic heterocycles. The molecule has 0 fully saturated rings. The van der Waals surface area contributed by atoms with Gasteiger partial charge in [0.15, 0.2) is 18.1 Å². The van der Waals surface area contributed by atoms with Crippen molar-refractivity contribution in [2.24, 2.45) is 0 Å². The number of hydrogen-bond acceptors (Lipinski definition) is 6. The molecule has 0 atom stereocenters. The van der Waals surface area contributed by atoms with E-state index in [-0.39, 0.29) is 24.6 Å². The molecule has 1 heterocycles. The third-order valence-electron chi connectivity index (χ3n) is 4.11. The zero-order valence-electron chi connectivity index (χ0n) is 16.4. The van der Waals surface area contributed by atoms with Crippen LogP contribution < -0.4 is 14.8 Å². The van der Waals surface area contributed by atoms with Crippen LogP contribution >= 0.6 is 11.3 Å². The van der Waals surface area contributed by atoms with Crippen LogP contribution in [0.5, 0.6) is 11.5 Å². The quantitative estimate of drug-likeness (QED) is 0.523. The summed E-state index contributed by atoms with van der Waals surface area (Å²) in [7, 11) is 1.51. The van der Waals surface area contributed by atoms with E-state index in [0.717, 1.165) is 0 Å². The molecule has 0 aliphatic carbocycles. The number of amides is 1. The molecule has 30 heavy (non-hydrogen) atoms. The average Bonchev–Trinajstić information content (AvgIpc) is 3.16. The Morgan fingerprint density at radius 3 is 2.43 bits per heavy atom. The first-order valence-electron chi connectivity index (χ1n) is 9.13. The van der Waals surface area contributed by atoms with Crippen molar-refractivity contribution < 1.29 is 28.2 Å². The highest BCUT2D eigenvalue weighted by atomic mass is 32.1. The first-order valence-corrected chi connectivity index (χ1v) is 10.0. The second kappa shape index (κ2) is 9.89. The van der Waals surface area contributed by atoms with Crippen LogP contribution in [-0.4, -0.2) is 32.2 Å². The van der Waals surface area contributed by atoms with E-state index in [1.54, 1.807) is 48.7 Å². The highest BCUT2D eigenvalue weighted by Gasteiger charge is 2.23. The van der Waals surface area contributed by atoms with Crippen LogP contribution in [0.25, 0.3) is 11.1 Å². The van der Waals surface area contributed by atoms with Crippen molar-refractivity contribution in [1.82, 2.24) is 0 Å². The van der Waals surface area contributed by atoms with Crippen LogP contribution in [0.1, 0.15) is 17.3 Å². The minimum absolute atomic E-state index is 0.182. The Hall–Kier alpha value is -3.39. The Balaban J connectivity index is 1.80. The normalized spacial score (nSPS) is 10.4. The van der Waals surface area contributed by atoms with Crippen molar-refractivity contribution in [2.45, 2.75) is 6.92 Å². The highest BCUT2D eigenvalue weighted by molar-refractivity contribution is 7.15. The molecule has 1 aromatic heterocycles. The Labute approximate surface area is 177 Å². The molecule has 2 aromatic carbocycles. The molecular formula is C22H20FNO5S. The molecule has 1 N–H and O–H groups in total. The van der Waals surface area contributed by atoms with Gasteiger partial charge in [-0.05, 0) is 36.8 Å². The summed E-state index contributed by atoms with van der Waals surface area (Å²) in [5, 5.41) is 4.75. The molecule has 1 amide bonds. The van der Waals surface area contributed by atoms with E-state index >= 15 is 0 Å². The highest BCUT2D eigenvalue weighted by Crippen LogP contribution is 2.36. The molecule has 0 aliphatic rings. The van der Waals surface area contributed by atoms with Gasteiger partial charge in [-0.1, -0.05) is 24.3 Å². The van der Waals surface area contributed by atoms with Crippen LogP contribution in [0.2, 0.25) is 0 Å². The number of methoxy groups -OCH3 is 1. The SMILES string of the molecule is CCOC(=O)c1c(-c2ccc(F)cc2)csc1NC(=O)COc1ccccc1OC. The van der Waals surface area contributed by atoms with E-state index in [1.165, 1.54) is 30.6 Å². The van der Waals surface area contributed by atoms with Gasteiger partial charge in [0.1, 0.15) is 16.4 Å². The van der Waals surface area contributed by atoms with Crippen LogP contribution in [0.15, 0.2) is 53.9 Å². The Morgan fingerprint density at radius 1 is 1.07 bits per heavy atom. The van der Waals surface area contributed by atoms with Crippen molar-refractivity contribution in [1.29, 1.82) is 0 Å². The minimum atomic E-state index is -0.570. The van der Waals surface area contributed by atoms with Crippen LogP contribution in [-0.2, 0) is 9.53 Å². The van der Waals surface area contributed by atoms with Crippen LogP contribution in [0, 0.1) is 5.82 Å². The molecule has 8 heteroatoms. The molecule has 0 spiro atoms. The summed E-state index contributed by atoms with van der Waals surface area (Å²) in [4.78, 5) is 25.0. The van der Waals surface area contributed by atoms with Gasteiger partial charge in [-0.2, -0.15) is 0 Å². The van der Waals surface area contributed by atoms with Gasteiger partial charge in [-0.15, -0.1) is 11.3 Å². The van der Waals surface area contributed by atoms with Crippen molar-refractivity contribution in [3.8, 4) is 22.6 Å². The summed E-state index contributed by atoms with van der Waals surface area (Å²) in [6.45, 7) is 1.61. The summed E-state index contributed by atoms with van der Waals surface area (Å²) >= 11 is 1.18. The Bertz CT molecular complexity index is 1030. The van der Waals surface area contributed by atoms with Crippen molar-refractivity contribution in [3.63, 3.8) is 0 Å². The number of halogens is 1. The van der Waals surface area contributed by atoms with Gasteiger partial charge in [0.2, 0.25) is 0 Å².